The molecule has 0 bridgehead atoms. The van der Waals surface area contributed by atoms with Crippen LogP contribution in [0.25, 0.3) is 0 Å². The van der Waals surface area contributed by atoms with Crippen molar-refractivity contribution >= 4 is 11.8 Å². The number of carbonyl (C=O) groups is 2. The summed E-state index contributed by atoms with van der Waals surface area (Å²) in [7, 11) is 0. The summed E-state index contributed by atoms with van der Waals surface area (Å²) in [5.74, 6) is 0.596. The second kappa shape index (κ2) is 10.3. The molecule has 2 amide bonds. The van der Waals surface area contributed by atoms with Crippen LogP contribution < -0.4 is 20.3 Å². The molecular weight excluding hydrogens is 356 g/mol. The lowest BCUT2D eigenvalue weighted by Crippen LogP contribution is -2.47. The van der Waals surface area contributed by atoms with Gasteiger partial charge in [-0.1, -0.05) is 45.0 Å². The summed E-state index contributed by atoms with van der Waals surface area (Å²) in [4.78, 5) is 24.6. The van der Waals surface area contributed by atoms with Crippen LogP contribution in [0.15, 0.2) is 48.5 Å². The van der Waals surface area contributed by atoms with Gasteiger partial charge in [0.25, 0.3) is 11.8 Å². The zero-order valence-electron chi connectivity index (χ0n) is 16.8. The van der Waals surface area contributed by atoms with Crippen molar-refractivity contribution in [3.8, 4) is 11.5 Å². The fourth-order valence-electron chi connectivity index (χ4n) is 2.47. The number of rotatable bonds is 8. The zero-order valence-corrected chi connectivity index (χ0v) is 16.8. The summed E-state index contributed by atoms with van der Waals surface area (Å²) in [5, 5.41) is 0. The number of para-hydroxylation sites is 1. The van der Waals surface area contributed by atoms with Crippen molar-refractivity contribution in [3.05, 3.63) is 59.7 Å². The molecule has 0 aliphatic heterocycles. The molecule has 0 aromatic heterocycles. The summed E-state index contributed by atoms with van der Waals surface area (Å²) >= 11 is 0. The largest absolute Gasteiger partial charge is 0.493 e. The highest BCUT2D eigenvalue weighted by molar-refractivity contribution is 5.98. The Balaban J connectivity index is 1.89. The quantitative estimate of drug-likeness (QED) is 0.678. The molecule has 0 saturated heterocycles. The normalized spacial score (nSPS) is 11.6. The molecule has 0 aliphatic rings. The number of ether oxygens (including phenoxy) is 2. The number of hydrazine groups is 1. The second-order valence-electron chi connectivity index (χ2n) is 6.77. The number of hydrogen-bond acceptors (Lipinski definition) is 4. The van der Waals surface area contributed by atoms with Crippen molar-refractivity contribution in [2.75, 3.05) is 6.61 Å². The van der Waals surface area contributed by atoms with Crippen LogP contribution >= 0.6 is 0 Å². The number of hydrogen-bond donors (Lipinski definition) is 2. The average molecular weight is 384 g/mol. The first-order chi connectivity index (χ1) is 13.4. The highest BCUT2D eigenvalue weighted by atomic mass is 16.5. The van der Waals surface area contributed by atoms with E-state index in [1.165, 1.54) is 5.56 Å². The zero-order chi connectivity index (χ0) is 20.5. The van der Waals surface area contributed by atoms with E-state index >= 15 is 0 Å². The van der Waals surface area contributed by atoms with E-state index in [1.807, 2.05) is 31.2 Å². The summed E-state index contributed by atoms with van der Waals surface area (Å²) in [6, 6.07) is 14.5. The monoisotopic (exact) mass is 384 g/mol. The van der Waals surface area contributed by atoms with Crippen LogP contribution in [0.2, 0.25) is 0 Å². The summed E-state index contributed by atoms with van der Waals surface area (Å²) in [6.07, 6.45) is 0.0662. The SMILES string of the molecule is CCCOc1ccccc1C(=O)NNC(=O)[C@H](C)Oc1ccc(C(C)C)cc1. The van der Waals surface area contributed by atoms with E-state index in [-0.39, 0.29) is 0 Å². The minimum absolute atomic E-state index is 0.356. The molecule has 1 atom stereocenters. The van der Waals surface area contributed by atoms with Crippen LogP contribution in [0.5, 0.6) is 11.5 Å². The number of amides is 2. The van der Waals surface area contributed by atoms with Crippen molar-refractivity contribution in [1.82, 2.24) is 10.9 Å². The molecule has 0 fully saturated rings. The van der Waals surface area contributed by atoms with Gasteiger partial charge in [-0.05, 0) is 49.1 Å². The lowest BCUT2D eigenvalue weighted by Gasteiger charge is -2.16. The second-order valence-corrected chi connectivity index (χ2v) is 6.77. The molecule has 0 unspecified atom stereocenters. The molecule has 6 heteroatoms. The molecule has 6 nitrogen and oxygen atoms in total. The third-order valence-electron chi connectivity index (χ3n) is 4.12. The Hall–Kier alpha value is -3.02. The first-order valence-electron chi connectivity index (χ1n) is 9.51. The van der Waals surface area contributed by atoms with E-state index in [0.717, 1.165) is 6.42 Å². The van der Waals surface area contributed by atoms with Crippen LogP contribution in [0, 0.1) is 0 Å². The van der Waals surface area contributed by atoms with Crippen molar-refractivity contribution < 1.29 is 19.1 Å². The molecule has 0 saturated carbocycles. The summed E-state index contributed by atoms with van der Waals surface area (Å²) < 4.78 is 11.2. The number of carbonyl (C=O) groups excluding carboxylic acids is 2. The molecule has 2 aromatic carbocycles. The van der Waals surface area contributed by atoms with Crippen LogP contribution in [0.3, 0.4) is 0 Å². The lowest BCUT2D eigenvalue weighted by atomic mass is 10.0. The Morgan fingerprint density at radius 1 is 0.964 bits per heavy atom. The first-order valence-corrected chi connectivity index (χ1v) is 9.51. The van der Waals surface area contributed by atoms with E-state index in [2.05, 4.69) is 24.7 Å². The van der Waals surface area contributed by atoms with E-state index in [0.29, 0.717) is 29.6 Å². The molecule has 2 aromatic rings. The van der Waals surface area contributed by atoms with Crippen LogP contribution in [-0.4, -0.2) is 24.5 Å². The maximum absolute atomic E-state index is 12.4. The van der Waals surface area contributed by atoms with Gasteiger partial charge >= 0.3 is 0 Å². The van der Waals surface area contributed by atoms with Crippen LogP contribution in [0.1, 0.15) is 56.0 Å². The van der Waals surface area contributed by atoms with Crippen molar-refractivity contribution in [1.29, 1.82) is 0 Å². The molecule has 2 N–H and O–H groups in total. The molecule has 2 rings (SSSR count). The van der Waals surface area contributed by atoms with Crippen molar-refractivity contribution in [2.24, 2.45) is 0 Å². The van der Waals surface area contributed by atoms with Gasteiger partial charge in [0.05, 0.1) is 12.2 Å². The standard InChI is InChI=1S/C22H28N2O4/c1-5-14-27-20-9-7-6-8-19(20)22(26)24-23-21(25)16(4)28-18-12-10-17(11-13-18)15(2)3/h6-13,15-16H,5,14H2,1-4H3,(H,23,25)(H,24,26)/t16-/m0/s1. The van der Waals surface area contributed by atoms with E-state index < -0.39 is 17.9 Å². The van der Waals surface area contributed by atoms with Gasteiger partial charge in [-0.15, -0.1) is 0 Å². The minimum atomic E-state index is -0.767. The van der Waals surface area contributed by atoms with E-state index in [1.54, 1.807) is 31.2 Å². The molecular formula is C22H28N2O4. The Morgan fingerprint density at radius 3 is 2.29 bits per heavy atom. The lowest BCUT2D eigenvalue weighted by molar-refractivity contribution is -0.128. The number of benzene rings is 2. The minimum Gasteiger partial charge on any atom is -0.493 e. The first kappa shape index (κ1) is 21.3. The predicted molar refractivity (Wildman–Crippen MR) is 108 cm³/mol. The smallest absolute Gasteiger partial charge is 0.279 e. The maximum Gasteiger partial charge on any atom is 0.279 e. The van der Waals surface area contributed by atoms with Gasteiger partial charge in [-0.3, -0.25) is 20.4 Å². The summed E-state index contributed by atoms with van der Waals surface area (Å²) in [5.41, 5.74) is 6.35. The number of nitrogens with one attached hydrogen (secondary N) is 2. The van der Waals surface area contributed by atoms with Crippen molar-refractivity contribution in [3.63, 3.8) is 0 Å². The molecule has 28 heavy (non-hydrogen) atoms. The molecule has 0 aliphatic carbocycles. The fraction of sp³-hybridized carbons (Fsp3) is 0.364. The van der Waals surface area contributed by atoms with E-state index in [4.69, 9.17) is 9.47 Å². The van der Waals surface area contributed by atoms with Crippen LogP contribution in [0.4, 0.5) is 0 Å². The van der Waals surface area contributed by atoms with Gasteiger partial charge in [0.15, 0.2) is 6.10 Å². The van der Waals surface area contributed by atoms with Gasteiger partial charge in [0, 0.05) is 0 Å². The molecule has 150 valence electrons. The predicted octanol–water partition coefficient (Wildman–Crippen LogP) is 3.83. The Kier molecular flexibility index (Phi) is 7.87. The van der Waals surface area contributed by atoms with Crippen molar-refractivity contribution in [2.45, 2.75) is 46.1 Å². The average Bonchev–Trinajstić information content (AvgIpc) is 2.70. The third kappa shape index (κ3) is 6.01. The summed E-state index contributed by atoms with van der Waals surface area (Å²) in [6.45, 7) is 8.34. The Labute approximate surface area is 166 Å². The fourth-order valence-corrected chi connectivity index (χ4v) is 2.47. The molecule has 0 heterocycles. The van der Waals surface area contributed by atoms with Crippen LogP contribution in [-0.2, 0) is 4.79 Å². The highest BCUT2D eigenvalue weighted by Crippen LogP contribution is 2.20. The maximum atomic E-state index is 12.4. The van der Waals surface area contributed by atoms with E-state index in [9.17, 15) is 9.59 Å². The van der Waals surface area contributed by atoms with Gasteiger partial charge in [0.2, 0.25) is 0 Å². The van der Waals surface area contributed by atoms with Gasteiger partial charge < -0.3 is 9.47 Å². The molecule has 0 radical (unpaired) electrons. The Morgan fingerprint density at radius 2 is 1.64 bits per heavy atom. The highest BCUT2D eigenvalue weighted by Gasteiger charge is 2.17. The molecule has 0 spiro atoms. The van der Waals surface area contributed by atoms with Gasteiger partial charge in [-0.25, -0.2) is 0 Å². The third-order valence-corrected chi connectivity index (χ3v) is 4.12. The topological polar surface area (TPSA) is 76.7 Å². The van der Waals surface area contributed by atoms with Gasteiger partial charge in [-0.2, -0.15) is 0 Å². The Bertz CT molecular complexity index is 787. The van der Waals surface area contributed by atoms with Gasteiger partial charge in [0.1, 0.15) is 11.5 Å².